The lowest BCUT2D eigenvalue weighted by atomic mass is 10.0. The fourth-order valence-corrected chi connectivity index (χ4v) is 2.54. The highest BCUT2D eigenvalue weighted by molar-refractivity contribution is 5.79. The van der Waals surface area contributed by atoms with Crippen LogP contribution in [-0.2, 0) is 9.53 Å². The normalized spacial score (nSPS) is 12.8. The molecule has 0 radical (unpaired) electrons. The molecular weight excluding hydrogens is 306 g/mol. The van der Waals surface area contributed by atoms with Gasteiger partial charge in [-0.1, -0.05) is 26.2 Å². The van der Waals surface area contributed by atoms with Crippen LogP contribution < -0.4 is 10.6 Å². The summed E-state index contributed by atoms with van der Waals surface area (Å²) >= 11 is 0. The number of carbonyl (C=O) groups is 1. The Hall–Kier alpha value is -1.30. The van der Waals surface area contributed by atoms with Crippen LogP contribution >= 0.6 is 0 Å². The van der Waals surface area contributed by atoms with Gasteiger partial charge >= 0.3 is 5.97 Å². The molecule has 0 amide bonds. The number of aliphatic hydroxyl groups excluding tert-OH is 1. The number of esters is 1. The van der Waals surface area contributed by atoms with E-state index in [1.807, 2.05) is 0 Å². The van der Waals surface area contributed by atoms with Crippen molar-refractivity contribution in [3.8, 4) is 0 Å². The number of rotatable bonds is 14. The van der Waals surface area contributed by atoms with Crippen LogP contribution in [0, 0.1) is 5.92 Å². The molecule has 0 saturated carbocycles. The summed E-state index contributed by atoms with van der Waals surface area (Å²) in [5.74, 6) is 1.18. The van der Waals surface area contributed by atoms with E-state index in [9.17, 15) is 4.79 Å². The van der Waals surface area contributed by atoms with E-state index < -0.39 is 0 Å². The minimum Gasteiger partial charge on any atom is -0.469 e. The molecular formula is C18H37N3O3. The second-order valence-electron chi connectivity index (χ2n) is 6.05. The lowest BCUT2D eigenvalue weighted by Gasteiger charge is -2.15. The largest absolute Gasteiger partial charge is 0.469 e. The number of aliphatic hydroxyl groups is 1. The summed E-state index contributed by atoms with van der Waals surface area (Å²) < 4.78 is 4.63. The van der Waals surface area contributed by atoms with Gasteiger partial charge in [-0.15, -0.1) is 0 Å². The first-order chi connectivity index (χ1) is 11.7. The van der Waals surface area contributed by atoms with Gasteiger partial charge in [0, 0.05) is 32.7 Å². The Morgan fingerprint density at radius 3 is 2.50 bits per heavy atom. The van der Waals surface area contributed by atoms with Gasteiger partial charge in [0.05, 0.1) is 7.11 Å². The zero-order valence-corrected chi connectivity index (χ0v) is 15.8. The molecule has 0 aliphatic rings. The molecule has 0 bridgehead atoms. The smallest absolute Gasteiger partial charge is 0.305 e. The molecule has 24 heavy (non-hydrogen) atoms. The van der Waals surface area contributed by atoms with Gasteiger partial charge in [0.1, 0.15) is 0 Å². The predicted octanol–water partition coefficient (Wildman–Crippen LogP) is 2.46. The van der Waals surface area contributed by atoms with Crippen molar-refractivity contribution in [2.24, 2.45) is 10.9 Å². The zero-order valence-electron chi connectivity index (χ0n) is 15.8. The lowest BCUT2D eigenvalue weighted by Crippen LogP contribution is -2.38. The van der Waals surface area contributed by atoms with Gasteiger partial charge in [-0.3, -0.25) is 9.79 Å². The summed E-state index contributed by atoms with van der Waals surface area (Å²) in [5, 5.41) is 15.7. The van der Waals surface area contributed by atoms with Crippen LogP contribution in [0.15, 0.2) is 4.99 Å². The molecule has 142 valence electrons. The fourth-order valence-electron chi connectivity index (χ4n) is 2.54. The number of methoxy groups -OCH3 is 1. The summed E-state index contributed by atoms with van der Waals surface area (Å²) in [6, 6.07) is 0. The van der Waals surface area contributed by atoms with Crippen molar-refractivity contribution in [3.05, 3.63) is 0 Å². The number of nitrogens with zero attached hydrogens (tertiary/aromatic N) is 1. The van der Waals surface area contributed by atoms with Crippen LogP contribution in [0.4, 0.5) is 0 Å². The third kappa shape index (κ3) is 13.2. The van der Waals surface area contributed by atoms with Crippen LogP contribution in [0.3, 0.4) is 0 Å². The number of carbonyl (C=O) groups excluding carboxylic acids is 1. The van der Waals surface area contributed by atoms with Gasteiger partial charge in [0.15, 0.2) is 5.96 Å². The van der Waals surface area contributed by atoms with Crippen molar-refractivity contribution in [2.45, 2.75) is 65.2 Å². The Morgan fingerprint density at radius 2 is 1.88 bits per heavy atom. The number of hydrogen-bond donors (Lipinski definition) is 3. The standard InChI is InChI=1S/C18H37N3O3/c1-4-10-16(12-14-22)15-21-18(19-5-2)20-13-9-7-6-8-11-17(23)24-3/h16,22H,4-15H2,1-3H3,(H2,19,20,21). The van der Waals surface area contributed by atoms with Crippen molar-refractivity contribution in [1.29, 1.82) is 0 Å². The lowest BCUT2D eigenvalue weighted by molar-refractivity contribution is -0.140. The topological polar surface area (TPSA) is 83.0 Å². The maximum Gasteiger partial charge on any atom is 0.305 e. The quantitative estimate of drug-likeness (QED) is 0.195. The van der Waals surface area contributed by atoms with E-state index in [1.54, 1.807) is 0 Å². The molecule has 0 aromatic heterocycles. The van der Waals surface area contributed by atoms with Crippen LogP contribution in [0.25, 0.3) is 0 Å². The van der Waals surface area contributed by atoms with Gasteiger partial charge in [-0.2, -0.15) is 0 Å². The molecule has 0 aromatic carbocycles. The Bertz CT molecular complexity index is 329. The minimum absolute atomic E-state index is 0.126. The maximum atomic E-state index is 11.0. The van der Waals surface area contributed by atoms with Crippen molar-refractivity contribution in [2.75, 3.05) is 33.4 Å². The number of hydrogen-bond acceptors (Lipinski definition) is 4. The van der Waals surface area contributed by atoms with Crippen LogP contribution in [0.1, 0.15) is 65.2 Å². The summed E-state index contributed by atoms with van der Waals surface area (Å²) in [6.07, 6.45) is 7.63. The number of guanidine groups is 1. The second kappa shape index (κ2) is 16.6. The number of aliphatic imine (C=N–C) groups is 1. The Balaban J connectivity index is 3.97. The number of ether oxygens (including phenoxy) is 1. The monoisotopic (exact) mass is 343 g/mol. The number of nitrogens with one attached hydrogen (secondary N) is 2. The first kappa shape index (κ1) is 22.7. The first-order valence-corrected chi connectivity index (χ1v) is 9.37. The average Bonchev–Trinajstić information content (AvgIpc) is 2.58. The van der Waals surface area contributed by atoms with Crippen molar-refractivity contribution >= 4 is 11.9 Å². The predicted molar refractivity (Wildman–Crippen MR) is 99.2 cm³/mol. The Morgan fingerprint density at radius 1 is 1.12 bits per heavy atom. The molecule has 6 heteroatoms. The number of unbranched alkanes of at least 4 members (excludes halogenated alkanes) is 3. The summed E-state index contributed by atoms with van der Waals surface area (Å²) in [6.45, 7) is 6.92. The highest BCUT2D eigenvalue weighted by atomic mass is 16.5. The fraction of sp³-hybridized carbons (Fsp3) is 0.889. The second-order valence-corrected chi connectivity index (χ2v) is 6.05. The van der Waals surface area contributed by atoms with Gasteiger partial charge in [0.2, 0.25) is 0 Å². The summed E-state index contributed by atoms with van der Waals surface area (Å²) in [4.78, 5) is 15.6. The SMILES string of the molecule is CCCC(CCO)CN=C(NCC)NCCCCCCC(=O)OC. The zero-order chi connectivity index (χ0) is 18.0. The third-order valence-corrected chi connectivity index (χ3v) is 3.91. The molecule has 0 heterocycles. The van der Waals surface area contributed by atoms with Crippen molar-refractivity contribution in [3.63, 3.8) is 0 Å². The third-order valence-electron chi connectivity index (χ3n) is 3.91. The van der Waals surface area contributed by atoms with Crippen LogP contribution in [0.5, 0.6) is 0 Å². The molecule has 0 rings (SSSR count). The Labute approximate surface area is 147 Å². The first-order valence-electron chi connectivity index (χ1n) is 9.37. The molecule has 0 aliphatic carbocycles. The molecule has 0 saturated heterocycles. The molecule has 3 N–H and O–H groups in total. The maximum absolute atomic E-state index is 11.0. The molecule has 0 aliphatic heterocycles. The Kier molecular flexibility index (Phi) is 15.7. The molecule has 1 unspecified atom stereocenters. The van der Waals surface area contributed by atoms with Crippen LogP contribution in [-0.4, -0.2) is 50.4 Å². The van der Waals surface area contributed by atoms with E-state index in [-0.39, 0.29) is 12.6 Å². The van der Waals surface area contributed by atoms with E-state index in [4.69, 9.17) is 5.11 Å². The van der Waals surface area contributed by atoms with E-state index in [2.05, 4.69) is 34.2 Å². The average molecular weight is 344 g/mol. The highest BCUT2D eigenvalue weighted by Gasteiger charge is 2.07. The van der Waals surface area contributed by atoms with E-state index >= 15 is 0 Å². The van der Waals surface area contributed by atoms with E-state index in [0.717, 1.165) is 70.5 Å². The van der Waals surface area contributed by atoms with Gasteiger partial charge in [0.25, 0.3) is 0 Å². The van der Waals surface area contributed by atoms with Gasteiger partial charge in [-0.25, -0.2) is 0 Å². The van der Waals surface area contributed by atoms with Gasteiger partial charge < -0.3 is 20.5 Å². The molecule has 6 nitrogen and oxygen atoms in total. The summed E-state index contributed by atoms with van der Waals surface area (Å²) in [5.41, 5.74) is 0. The molecule has 1 atom stereocenters. The van der Waals surface area contributed by atoms with E-state index in [1.165, 1.54) is 7.11 Å². The van der Waals surface area contributed by atoms with Gasteiger partial charge in [-0.05, 0) is 38.5 Å². The summed E-state index contributed by atoms with van der Waals surface area (Å²) in [7, 11) is 1.43. The van der Waals surface area contributed by atoms with Crippen molar-refractivity contribution < 1.29 is 14.6 Å². The minimum atomic E-state index is -0.126. The molecule has 0 spiro atoms. The molecule has 0 fully saturated rings. The van der Waals surface area contributed by atoms with Crippen molar-refractivity contribution in [1.82, 2.24) is 10.6 Å². The molecule has 0 aromatic rings. The van der Waals surface area contributed by atoms with Crippen LogP contribution in [0.2, 0.25) is 0 Å². The van der Waals surface area contributed by atoms with E-state index in [0.29, 0.717) is 12.3 Å². The highest BCUT2D eigenvalue weighted by Crippen LogP contribution is 2.11.